The van der Waals surface area contributed by atoms with Gasteiger partial charge in [-0.2, -0.15) is 0 Å². The summed E-state index contributed by atoms with van der Waals surface area (Å²) in [5.41, 5.74) is -0.480. The van der Waals surface area contributed by atoms with E-state index in [1.165, 1.54) is 30.5 Å². The monoisotopic (exact) mass is 320 g/mol. The number of aromatic nitrogens is 1. The van der Waals surface area contributed by atoms with E-state index in [0.717, 1.165) is 0 Å². The SMILES string of the molecule is O=C(O)c1ccnc(N2CC(O)(c3ccc(O)cc3Cl)C2)c1. The topological polar surface area (TPSA) is 93.9 Å². The second-order valence-corrected chi connectivity index (χ2v) is 5.67. The van der Waals surface area contributed by atoms with Gasteiger partial charge in [-0.3, -0.25) is 0 Å². The maximum absolute atomic E-state index is 11.0. The largest absolute Gasteiger partial charge is 0.508 e. The molecule has 3 N–H and O–H groups in total. The van der Waals surface area contributed by atoms with Gasteiger partial charge in [0.2, 0.25) is 0 Å². The first-order valence-corrected chi connectivity index (χ1v) is 6.92. The van der Waals surface area contributed by atoms with Crippen molar-refractivity contribution in [2.45, 2.75) is 5.60 Å². The van der Waals surface area contributed by atoms with Crippen LogP contribution < -0.4 is 4.90 Å². The van der Waals surface area contributed by atoms with Gasteiger partial charge in [0.1, 0.15) is 17.2 Å². The minimum atomic E-state index is -1.15. The van der Waals surface area contributed by atoms with E-state index in [-0.39, 0.29) is 29.4 Å². The Hall–Kier alpha value is -2.31. The summed E-state index contributed by atoms with van der Waals surface area (Å²) < 4.78 is 0. The van der Waals surface area contributed by atoms with Crippen LogP contribution in [-0.4, -0.2) is 39.4 Å². The molecule has 0 radical (unpaired) electrons. The van der Waals surface area contributed by atoms with E-state index in [1.54, 1.807) is 11.0 Å². The molecule has 1 aromatic heterocycles. The number of pyridine rings is 1. The molecule has 0 saturated carbocycles. The molecule has 6 nitrogen and oxygen atoms in total. The van der Waals surface area contributed by atoms with E-state index in [0.29, 0.717) is 11.4 Å². The molecule has 22 heavy (non-hydrogen) atoms. The molecule has 3 rings (SSSR count). The van der Waals surface area contributed by atoms with Gasteiger partial charge in [0.25, 0.3) is 0 Å². The first-order valence-electron chi connectivity index (χ1n) is 6.55. The molecule has 1 aliphatic rings. The lowest BCUT2D eigenvalue weighted by molar-refractivity contribution is 0.00713. The van der Waals surface area contributed by atoms with Gasteiger partial charge in [0.05, 0.1) is 23.7 Å². The van der Waals surface area contributed by atoms with Crippen molar-refractivity contribution < 1.29 is 20.1 Å². The van der Waals surface area contributed by atoms with Crippen LogP contribution in [0.5, 0.6) is 5.75 Å². The fourth-order valence-corrected chi connectivity index (χ4v) is 2.87. The molecule has 1 saturated heterocycles. The Morgan fingerprint density at radius 3 is 2.64 bits per heavy atom. The summed E-state index contributed by atoms with van der Waals surface area (Å²) in [6.45, 7) is 0.487. The Kier molecular flexibility index (Phi) is 3.42. The molecule has 0 unspecified atom stereocenters. The van der Waals surface area contributed by atoms with Crippen molar-refractivity contribution >= 4 is 23.4 Å². The van der Waals surface area contributed by atoms with Gasteiger partial charge in [-0.1, -0.05) is 17.7 Å². The van der Waals surface area contributed by atoms with E-state index < -0.39 is 11.6 Å². The van der Waals surface area contributed by atoms with Gasteiger partial charge in [-0.05, 0) is 24.3 Å². The summed E-state index contributed by atoms with van der Waals surface area (Å²) in [7, 11) is 0. The summed E-state index contributed by atoms with van der Waals surface area (Å²) in [6.07, 6.45) is 1.42. The van der Waals surface area contributed by atoms with Crippen LogP contribution in [0, 0.1) is 0 Å². The van der Waals surface area contributed by atoms with Gasteiger partial charge in [0, 0.05) is 11.8 Å². The predicted octanol–water partition coefficient (Wildman–Crippen LogP) is 1.85. The fraction of sp³-hybridized carbons (Fsp3) is 0.200. The number of phenols is 1. The predicted molar refractivity (Wildman–Crippen MR) is 80.4 cm³/mol. The van der Waals surface area contributed by atoms with E-state index in [2.05, 4.69) is 4.98 Å². The molecule has 7 heteroatoms. The van der Waals surface area contributed by atoms with Crippen LogP contribution in [0.1, 0.15) is 15.9 Å². The molecule has 1 fully saturated rings. The second-order valence-electron chi connectivity index (χ2n) is 5.26. The smallest absolute Gasteiger partial charge is 0.335 e. The number of hydrogen-bond acceptors (Lipinski definition) is 5. The highest BCUT2D eigenvalue weighted by molar-refractivity contribution is 6.31. The van der Waals surface area contributed by atoms with Crippen LogP contribution >= 0.6 is 11.6 Å². The maximum Gasteiger partial charge on any atom is 0.335 e. The van der Waals surface area contributed by atoms with E-state index in [4.69, 9.17) is 16.7 Å². The van der Waals surface area contributed by atoms with Gasteiger partial charge in [0.15, 0.2) is 0 Å². The van der Waals surface area contributed by atoms with Gasteiger partial charge < -0.3 is 20.2 Å². The third-order valence-electron chi connectivity index (χ3n) is 3.68. The number of aromatic carboxylic acids is 1. The minimum Gasteiger partial charge on any atom is -0.508 e. The molecule has 1 aliphatic heterocycles. The number of nitrogens with zero attached hydrogens (tertiary/aromatic N) is 2. The zero-order chi connectivity index (χ0) is 15.9. The Bertz CT molecular complexity index is 744. The number of hydrogen-bond donors (Lipinski definition) is 3. The quantitative estimate of drug-likeness (QED) is 0.799. The minimum absolute atomic E-state index is 0.0318. The summed E-state index contributed by atoms with van der Waals surface area (Å²) in [6, 6.07) is 7.29. The third kappa shape index (κ3) is 2.47. The van der Waals surface area contributed by atoms with Crippen molar-refractivity contribution in [3.8, 4) is 5.75 Å². The van der Waals surface area contributed by atoms with E-state index in [9.17, 15) is 15.0 Å². The molecule has 0 atom stereocenters. The number of carboxylic acid groups (broad SMARTS) is 1. The molecule has 0 aliphatic carbocycles. The number of phenolic OH excluding ortho intramolecular Hbond substituents is 1. The zero-order valence-corrected chi connectivity index (χ0v) is 12.2. The van der Waals surface area contributed by atoms with Gasteiger partial charge >= 0.3 is 5.97 Å². The van der Waals surface area contributed by atoms with Crippen molar-refractivity contribution in [1.82, 2.24) is 4.98 Å². The number of β-amino-alcohol motifs (C(OH)–C–C–N with tert-alkyl or cyclic N) is 1. The molecule has 0 bridgehead atoms. The average Bonchev–Trinajstić information content (AvgIpc) is 2.44. The number of carboxylic acids is 1. The van der Waals surface area contributed by atoms with Crippen molar-refractivity contribution in [2.75, 3.05) is 18.0 Å². The lowest BCUT2D eigenvalue weighted by Gasteiger charge is -2.47. The molecular weight excluding hydrogens is 308 g/mol. The maximum atomic E-state index is 11.0. The summed E-state index contributed by atoms with van der Waals surface area (Å²) in [5, 5.41) is 29.3. The summed E-state index contributed by atoms with van der Waals surface area (Å²) in [4.78, 5) is 16.8. The van der Waals surface area contributed by atoms with Crippen molar-refractivity contribution in [2.24, 2.45) is 0 Å². The highest BCUT2D eigenvalue weighted by Crippen LogP contribution is 2.39. The number of carbonyl (C=O) groups is 1. The van der Waals surface area contributed by atoms with Crippen LogP contribution in [0.3, 0.4) is 0 Å². The Labute approximate surface area is 131 Å². The van der Waals surface area contributed by atoms with Gasteiger partial charge in [-0.25, -0.2) is 9.78 Å². The first-order chi connectivity index (χ1) is 10.4. The number of benzene rings is 1. The van der Waals surface area contributed by atoms with Crippen LogP contribution in [0.2, 0.25) is 5.02 Å². The number of aromatic hydroxyl groups is 1. The number of halogens is 1. The van der Waals surface area contributed by atoms with Crippen molar-refractivity contribution in [3.05, 3.63) is 52.7 Å². The highest BCUT2D eigenvalue weighted by atomic mass is 35.5. The molecule has 0 spiro atoms. The summed E-state index contributed by atoms with van der Waals surface area (Å²) in [5.74, 6) is -0.509. The van der Waals surface area contributed by atoms with Gasteiger partial charge in [-0.15, -0.1) is 0 Å². The van der Waals surface area contributed by atoms with Crippen molar-refractivity contribution in [3.63, 3.8) is 0 Å². The normalized spacial score (nSPS) is 16.2. The second kappa shape index (κ2) is 5.15. The number of rotatable bonds is 3. The molecular formula is C15H13ClN2O4. The van der Waals surface area contributed by atoms with E-state index in [1.807, 2.05) is 0 Å². The molecule has 2 heterocycles. The third-order valence-corrected chi connectivity index (χ3v) is 3.99. The Morgan fingerprint density at radius 1 is 1.27 bits per heavy atom. The number of aliphatic hydroxyl groups is 1. The van der Waals surface area contributed by atoms with Crippen LogP contribution in [0.25, 0.3) is 0 Å². The summed E-state index contributed by atoms with van der Waals surface area (Å²) >= 11 is 6.06. The zero-order valence-electron chi connectivity index (χ0n) is 11.4. The van der Waals surface area contributed by atoms with Crippen LogP contribution in [0.4, 0.5) is 5.82 Å². The average molecular weight is 321 g/mol. The van der Waals surface area contributed by atoms with Crippen LogP contribution in [-0.2, 0) is 5.60 Å². The molecule has 2 aromatic rings. The number of anilines is 1. The molecule has 1 aromatic carbocycles. The first kappa shape index (κ1) is 14.6. The lowest BCUT2D eigenvalue weighted by atomic mass is 9.86. The highest BCUT2D eigenvalue weighted by Gasteiger charge is 2.44. The van der Waals surface area contributed by atoms with Crippen LogP contribution in [0.15, 0.2) is 36.5 Å². The fourth-order valence-electron chi connectivity index (χ4n) is 2.52. The molecule has 114 valence electrons. The standard InChI is InChI=1S/C15H13ClN2O4/c16-12-6-10(19)1-2-11(12)15(22)7-18(8-15)13-5-9(14(20)21)3-4-17-13/h1-6,19,22H,7-8H2,(H,20,21). The Balaban J connectivity index is 1.81. The van der Waals surface area contributed by atoms with E-state index >= 15 is 0 Å². The molecule has 0 amide bonds. The lowest BCUT2D eigenvalue weighted by Crippen LogP contribution is -2.60. The Morgan fingerprint density at radius 2 is 2.00 bits per heavy atom. The van der Waals surface area contributed by atoms with Crippen molar-refractivity contribution in [1.29, 1.82) is 0 Å².